The van der Waals surface area contributed by atoms with Crippen LogP contribution < -0.4 is 4.90 Å². The highest BCUT2D eigenvalue weighted by Gasteiger charge is 2.20. The number of benzene rings is 1. The molecule has 3 aromatic rings. The van der Waals surface area contributed by atoms with E-state index >= 15 is 0 Å². The van der Waals surface area contributed by atoms with Crippen LogP contribution in [-0.4, -0.2) is 46.0 Å². The van der Waals surface area contributed by atoms with Crippen LogP contribution in [0.5, 0.6) is 0 Å². The van der Waals surface area contributed by atoms with E-state index in [0.717, 1.165) is 58.9 Å². The van der Waals surface area contributed by atoms with Crippen LogP contribution in [0.15, 0.2) is 34.4 Å². The van der Waals surface area contributed by atoms with Crippen LogP contribution in [0.25, 0.3) is 10.9 Å². The Kier molecular flexibility index (Phi) is 4.47. The van der Waals surface area contributed by atoms with Gasteiger partial charge >= 0.3 is 0 Å². The Labute approximate surface area is 153 Å². The van der Waals surface area contributed by atoms with Gasteiger partial charge in [0, 0.05) is 48.0 Å². The molecule has 0 radical (unpaired) electrons. The minimum Gasteiger partial charge on any atom is -0.353 e. The second-order valence-electron chi connectivity index (χ2n) is 5.98. The molecule has 124 valence electrons. The topological polar surface area (TPSA) is 45.2 Å². The Morgan fingerprint density at radius 2 is 2.00 bits per heavy atom. The lowest BCUT2D eigenvalue weighted by molar-refractivity contribution is 0.247. The maximum atomic E-state index is 4.57. The van der Waals surface area contributed by atoms with Crippen molar-refractivity contribution in [3.05, 3.63) is 45.1 Å². The number of halogens is 1. The molecule has 4 rings (SSSR count). The maximum Gasteiger partial charge on any atom is 0.140 e. The van der Waals surface area contributed by atoms with Gasteiger partial charge in [0.05, 0.1) is 16.2 Å². The molecule has 1 saturated heterocycles. The predicted octanol–water partition coefficient (Wildman–Crippen LogP) is 3.48. The normalized spacial score (nSPS) is 16.0. The van der Waals surface area contributed by atoms with E-state index in [2.05, 4.69) is 59.1 Å². The van der Waals surface area contributed by atoms with E-state index in [0.29, 0.717) is 0 Å². The van der Waals surface area contributed by atoms with Gasteiger partial charge < -0.3 is 4.90 Å². The van der Waals surface area contributed by atoms with Crippen molar-refractivity contribution in [2.24, 2.45) is 0 Å². The third-order valence-electron chi connectivity index (χ3n) is 4.30. The van der Waals surface area contributed by atoms with Crippen molar-refractivity contribution in [3.63, 3.8) is 0 Å². The number of thiazole rings is 1. The van der Waals surface area contributed by atoms with E-state index in [1.165, 1.54) is 5.69 Å². The summed E-state index contributed by atoms with van der Waals surface area (Å²) in [6.07, 6.45) is 1.66. The van der Waals surface area contributed by atoms with Crippen molar-refractivity contribution < 1.29 is 0 Å². The number of rotatable bonds is 3. The van der Waals surface area contributed by atoms with Crippen LogP contribution in [0.3, 0.4) is 0 Å². The molecule has 0 atom stereocenters. The average molecular weight is 404 g/mol. The molecule has 2 aromatic heterocycles. The molecule has 0 bridgehead atoms. The molecular formula is C17H18BrN5S. The first kappa shape index (κ1) is 15.9. The summed E-state index contributed by atoms with van der Waals surface area (Å²) in [5.74, 6) is 1.03. The van der Waals surface area contributed by atoms with Crippen LogP contribution in [0.2, 0.25) is 0 Å². The van der Waals surface area contributed by atoms with Crippen molar-refractivity contribution >= 4 is 44.0 Å². The van der Waals surface area contributed by atoms with Crippen LogP contribution in [0.1, 0.15) is 10.7 Å². The molecule has 7 heteroatoms. The molecule has 0 unspecified atom stereocenters. The maximum absolute atomic E-state index is 4.57. The Bertz CT molecular complexity index is 857. The summed E-state index contributed by atoms with van der Waals surface area (Å²) in [4.78, 5) is 18.3. The Hall–Kier alpha value is -1.57. The van der Waals surface area contributed by atoms with Gasteiger partial charge in [0.1, 0.15) is 12.1 Å². The predicted molar refractivity (Wildman–Crippen MR) is 102 cm³/mol. The molecule has 1 aliphatic heterocycles. The molecule has 24 heavy (non-hydrogen) atoms. The molecule has 1 aromatic carbocycles. The summed E-state index contributed by atoms with van der Waals surface area (Å²) in [6, 6.07) is 6.16. The molecule has 5 nitrogen and oxygen atoms in total. The highest BCUT2D eigenvalue weighted by Crippen LogP contribution is 2.27. The Balaban J connectivity index is 1.49. The van der Waals surface area contributed by atoms with Crippen molar-refractivity contribution in [2.75, 3.05) is 31.1 Å². The van der Waals surface area contributed by atoms with Crippen molar-refractivity contribution in [3.8, 4) is 0 Å². The van der Waals surface area contributed by atoms with Crippen molar-refractivity contribution in [1.29, 1.82) is 0 Å². The summed E-state index contributed by atoms with van der Waals surface area (Å²) < 4.78 is 1.06. The van der Waals surface area contributed by atoms with E-state index in [-0.39, 0.29) is 0 Å². The third-order valence-corrected chi connectivity index (χ3v) is 5.62. The monoisotopic (exact) mass is 403 g/mol. The largest absolute Gasteiger partial charge is 0.353 e. The van der Waals surface area contributed by atoms with E-state index in [4.69, 9.17) is 0 Å². The molecule has 1 aliphatic rings. The second kappa shape index (κ2) is 6.74. The van der Waals surface area contributed by atoms with Gasteiger partial charge in [0.2, 0.25) is 0 Å². The standard InChI is InChI=1S/C17H18BrN5S/c1-12-21-14(10-24-12)9-22-4-6-23(7-5-22)17-15-8-13(18)2-3-16(15)19-11-20-17/h2-3,8,10-11H,4-7,9H2,1H3. The zero-order chi connectivity index (χ0) is 16.5. The zero-order valence-corrected chi connectivity index (χ0v) is 15.8. The lowest BCUT2D eigenvalue weighted by Gasteiger charge is -2.35. The molecule has 3 heterocycles. The van der Waals surface area contributed by atoms with Gasteiger partial charge in [0.25, 0.3) is 0 Å². The minimum absolute atomic E-state index is 0.939. The second-order valence-corrected chi connectivity index (χ2v) is 7.96. The number of hydrogen-bond acceptors (Lipinski definition) is 6. The Morgan fingerprint density at radius 3 is 2.75 bits per heavy atom. The van der Waals surface area contributed by atoms with Crippen LogP contribution in [0.4, 0.5) is 5.82 Å². The van der Waals surface area contributed by atoms with E-state index in [1.54, 1.807) is 17.7 Å². The highest BCUT2D eigenvalue weighted by molar-refractivity contribution is 9.10. The number of nitrogens with zero attached hydrogens (tertiary/aromatic N) is 5. The molecule has 0 amide bonds. The molecular weight excluding hydrogens is 386 g/mol. The number of aryl methyl sites for hydroxylation is 1. The summed E-state index contributed by atoms with van der Waals surface area (Å²) in [7, 11) is 0. The highest BCUT2D eigenvalue weighted by atomic mass is 79.9. The fourth-order valence-corrected chi connectivity index (χ4v) is 4.06. The van der Waals surface area contributed by atoms with Gasteiger partial charge in [-0.05, 0) is 25.1 Å². The van der Waals surface area contributed by atoms with E-state index in [1.807, 2.05) is 12.1 Å². The van der Waals surface area contributed by atoms with Gasteiger partial charge in [0.15, 0.2) is 0 Å². The van der Waals surface area contributed by atoms with Gasteiger partial charge in [-0.25, -0.2) is 15.0 Å². The molecule has 0 aliphatic carbocycles. The van der Waals surface area contributed by atoms with Gasteiger partial charge in [-0.15, -0.1) is 11.3 Å². The summed E-state index contributed by atoms with van der Waals surface area (Å²) >= 11 is 5.27. The number of hydrogen-bond donors (Lipinski definition) is 0. The van der Waals surface area contributed by atoms with E-state index in [9.17, 15) is 0 Å². The van der Waals surface area contributed by atoms with Gasteiger partial charge in [-0.2, -0.15) is 0 Å². The lowest BCUT2D eigenvalue weighted by Crippen LogP contribution is -2.46. The quantitative estimate of drug-likeness (QED) is 0.669. The number of anilines is 1. The smallest absolute Gasteiger partial charge is 0.140 e. The zero-order valence-electron chi connectivity index (χ0n) is 13.4. The van der Waals surface area contributed by atoms with Crippen molar-refractivity contribution in [2.45, 2.75) is 13.5 Å². The van der Waals surface area contributed by atoms with Crippen LogP contribution in [0, 0.1) is 6.92 Å². The fourth-order valence-electron chi connectivity index (χ4n) is 3.09. The molecule has 0 saturated carbocycles. The molecule has 0 spiro atoms. The first-order valence-corrected chi connectivity index (χ1v) is 9.65. The lowest BCUT2D eigenvalue weighted by atomic mass is 10.2. The summed E-state index contributed by atoms with van der Waals surface area (Å²) in [5.41, 5.74) is 2.17. The first-order chi connectivity index (χ1) is 11.7. The Morgan fingerprint density at radius 1 is 1.17 bits per heavy atom. The molecule has 0 N–H and O–H groups in total. The van der Waals surface area contributed by atoms with Gasteiger partial charge in [-0.1, -0.05) is 15.9 Å². The fraction of sp³-hybridized carbons (Fsp3) is 0.353. The van der Waals surface area contributed by atoms with Crippen LogP contribution in [-0.2, 0) is 6.54 Å². The summed E-state index contributed by atoms with van der Waals surface area (Å²) in [6.45, 7) is 6.99. The van der Waals surface area contributed by atoms with E-state index < -0.39 is 0 Å². The number of aromatic nitrogens is 3. The number of fused-ring (bicyclic) bond motifs is 1. The average Bonchev–Trinajstić information content (AvgIpc) is 3.00. The summed E-state index contributed by atoms with van der Waals surface area (Å²) in [5, 5.41) is 4.41. The van der Waals surface area contributed by atoms with Crippen LogP contribution >= 0.6 is 27.3 Å². The first-order valence-electron chi connectivity index (χ1n) is 7.97. The molecule has 1 fully saturated rings. The third kappa shape index (κ3) is 3.29. The number of piperazine rings is 1. The van der Waals surface area contributed by atoms with Crippen molar-refractivity contribution in [1.82, 2.24) is 19.9 Å². The van der Waals surface area contributed by atoms with Gasteiger partial charge in [-0.3, -0.25) is 4.90 Å². The SMILES string of the molecule is Cc1nc(CN2CCN(c3ncnc4ccc(Br)cc34)CC2)cs1. The minimum atomic E-state index is 0.939.